The molecule has 0 saturated heterocycles. The molecule has 4 aromatic carbocycles. The molecule has 0 saturated carbocycles. The summed E-state index contributed by atoms with van der Waals surface area (Å²) in [5, 5.41) is 18.8. The highest BCUT2D eigenvalue weighted by molar-refractivity contribution is 5.87. The van der Waals surface area contributed by atoms with Crippen LogP contribution in [0.3, 0.4) is 0 Å². The maximum Gasteiger partial charge on any atom is 0.573 e. The van der Waals surface area contributed by atoms with Crippen LogP contribution in [0.25, 0.3) is 11.8 Å². The van der Waals surface area contributed by atoms with Crippen molar-refractivity contribution >= 4 is 17.8 Å². The largest absolute Gasteiger partial charge is 0.573 e. The number of ether oxygens (including phenoxy) is 2. The Hall–Kier alpha value is -4.98. The molecule has 4 rings (SSSR count). The van der Waals surface area contributed by atoms with Crippen molar-refractivity contribution in [2.45, 2.75) is 32.2 Å². The Labute approximate surface area is 248 Å². The summed E-state index contributed by atoms with van der Waals surface area (Å²) in [6.07, 6.45) is 1.64. The average Bonchev–Trinajstić information content (AvgIpc) is 2.98. The highest BCUT2D eigenvalue weighted by Crippen LogP contribution is 2.26. The van der Waals surface area contributed by atoms with Gasteiger partial charge in [-0.25, -0.2) is 4.79 Å². The topological polar surface area (TPSA) is 76.0 Å². The van der Waals surface area contributed by atoms with Crippen molar-refractivity contribution in [1.29, 1.82) is 0 Å². The Morgan fingerprint density at radius 2 is 1.42 bits per heavy atom. The van der Waals surface area contributed by atoms with Gasteiger partial charge in [0, 0.05) is 11.1 Å². The molecule has 8 heteroatoms. The minimum absolute atomic E-state index is 0.0190. The van der Waals surface area contributed by atoms with E-state index in [9.17, 15) is 28.2 Å². The molecule has 0 aromatic heterocycles. The van der Waals surface area contributed by atoms with Gasteiger partial charge in [-0.1, -0.05) is 85.5 Å². The van der Waals surface area contributed by atoms with Crippen LogP contribution in [0.4, 0.5) is 13.2 Å². The second-order valence-electron chi connectivity index (χ2n) is 10.0. The standard InChI is InChI=1S/C35H31F3O5/c1-24(39)29-15-8-25(9-16-29)6-7-26(22-27-11-18-31(19-12-27)34(40)41)10-17-30-4-2-3-5-33(30)42-23-28-13-20-32(21-14-28)43-35(36,37)38/h2-5,8-21,26,39H,1,6-7,22-23H2,(H,40,41)/b17-10+. The first-order valence-corrected chi connectivity index (χ1v) is 13.6. The number of aliphatic hydroxyl groups is 1. The third kappa shape index (κ3) is 9.81. The van der Waals surface area contributed by atoms with Crippen LogP contribution < -0.4 is 9.47 Å². The number of allylic oxidation sites excluding steroid dienone is 1. The van der Waals surface area contributed by atoms with Crippen molar-refractivity contribution in [3.8, 4) is 11.5 Å². The van der Waals surface area contributed by atoms with E-state index in [1.54, 1.807) is 12.1 Å². The summed E-state index contributed by atoms with van der Waals surface area (Å²) in [4.78, 5) is 11.3. The molecule has 4 aromatic rings. The summed E-state index contributed by atoms with van der Waals surface area (Å²) in [5.41, 5.74) is 4.55. The van der Waals surface area contributed by atoms with Gasteiger partial charge in [0.25, 0.3) is 0 Å². The molecule has 0 aliphatic carbocycles. The SMILES string of the molecule is C=C(O)c1ccc(CCC(/C=C/c2ccccc2OCc2ccc(OC(F)(F)F)cc2)Cc2ccc(C(=O)O)cc2)cc1. The second-order valence-corrected chi connectivity index (χ2v) is 10.0. The summed E-state index contributed by atoms with van der Waals surface area (Å²) in [6.45, 7) is 3.72. The van der Waals surface area contributed by atoms with E-state index in [0.29, 0.717) is 23.3 Å². The minimum Gasteiger partial charge on any atom is -0.508 e. The van der Waals surface area contributed by atoms with Crippen molar-refractivity contribution in [3.63, 3.8) is 0 Å². The molecular weight excluding hydrogens is 557 g/mol. The molecule has 1 unspecified atom stereocenters. The average molecular weight is 589 g/mol. The van der Waals surface area contributed by atoms with Gasteiger partial charge in [0.1, 0.15) is 23.9 Å². The molecule has 1 atom stereocenters. The van der Waals surface area contributed by atoms with E-state index in [1.807, 2.05) is 66.7 Å². The van der Waals surface area contributed by atoms with Crippen LogP contribution in [0, 0.1) is 5.92 Å². The predicted molar refractivity (Wildman–Crippen MR) is 160 cm³/mol. The Bertz CT molecular complexity index is 1540. The van der Waals surface area contributed by atoms with Crippen LogP contribution in [0.2, 0.25) is 0 Å². The zero-order chi connectivity index (χ0) is 30.8. The van der Waals surface area contributed by atoms with Crippen molar-refractivity contribution in [2.24, 2.45) is 5.92 Å². The van der Waals surface area contributed by atoms with Gasteiger partial charge in [-0.15, -0.1) is 13.2 Å². The van der Waals surface area contributed by atoms with E-state index in [0.717, 1.165) is 29.5 Å². The lowest BCUT2D eigenvalue weighted by atomic mass is 9.91. The molecule has 2 N–H and O–H groups in total. The van der Waals surface area contributed by atoms with Gasteiger partial charge in [-0.3, -0.25) is 0 Å². The number of aryl methyl sites for hydroxylation is 1. The number of carboxylic acids is 1. The number of hydrogen-bond donors (Lipinski definition) is 2. The number of aliphatic hydroxyl groups excluding tert-OH is 1. The van der Waals surface area contributed by atoms with Gasteiger partial charge in [-0.05, 0) is 72.2 Å². The van der Waals surface area contributed by atoms with E-state index >= 15 is 0 Å². The molecule has 222 valence electrons. The molecule has 43 heavy (non-hydrogen) atoms. The molecule has 0 spiro atoms. The fourth-order valence-electron chi connectivity index (χ4n) is 4.51. The van der Waals surface area contributed by atoms with E-state index in [4.69, 9.17) is 4.74 Å². The normalized spacial score (nSPS) is 12.2. The summed E-state index contributed by atoms with van der Waals surface area (Å²) < 4.78 is 47.3. The van der Waals surface area contributed by atoms with Crippen LogP contribution in [0.1, 0.15) is 44.6 Å². The number of aromatic carboxylic acids is 1. The molecule has 0 radical (unpaired) electrons. The van der Waals surface area contributed by atoms with Gasteiger partial charge in [-0.2, -0.15) is 0 Å². The first-order chi connectivity index (χ1) is 20.6. The van der Waals surface area contributed by atoms with Gasteiger partial charge in [0.15, 0.2) is 0 Å². The number of rotatable bonds is 13. The summed E-state index contributed by atoms with van der Waals surface area (Å²) >= 11 is 0. The minimum atomic E-state index is -4.75. The number of para-hydroxylation sites is 1. The maximum atomic E-state index is 12.4. The number of carbonyl (C=O) groups is 1. The smallest absolute Gasteiger partial charge is 0.508 e. The fourth-order valence-corrected chi connectivity index (χ4v) is 4.51. The molecule has 0 aliphatic rings. The van der Waals surface area contributed by atoms with Crippen molar-refractivity contribution in [3.05, 3.63) is 143 Å². The van der Waals surface area contributed by atoms with Crippen LogP contribution in [0.15, 0.2) is 110 Å². The van der Waals surface area contributed by atoms with E-state index in [2.05, 4.69) is 17.4 Å². The summed E-state index contributed by atoms with van der Waals surface area (Å²) in [6, 6.07) is 27.5. The first kappa shape index (κ1) is 31.0. The number of carboxylic acid groups (broad SMARTS) is 1. The number of benzene rings is 4. The van der Waals surface area contributed by atoms with Gasteiger partial charge in [0.05, 0.1) is 5.56 Å². The quantitative estimate of drug-likeness (QED) is 0.153. The lowest BCUT2D eigenvalue weighted by Crippen LogP contribution is -2.17. The Morgan fingerprint density at radius 1 is 0.814 bits per heavy atom. The molecule has 0 heterocycles. The van der Waals surface area contributed by atoms with Crippen LogP contribution >= 0.6 is 0 Å². The van der Waals surface area contributed by atoms with Crippen LogP contribution in [0.5, 0.6) is 11.5 Å². The van der Waals surface area contributed by atoms with Gasteiger partial charge in [0.2, 0.25) is 0 Å². The van der Waals surface area contributed by atoms with E-state index < -0.39 is 12.3 Å². The van der Waals surface area contributed by atoms with Crippen LogP contribution in [-0.2, 0) is 19.4 Å². The first-order valence-electron chi connectivity index (χ1n) is 13.6. The lowest BCUT2D eigenvalue weighted by molar-refractivity contribution is -0.274. The van der Waals surface area contributed by atoms with Crippen molar-refractivity contribution in [2.75, 3.05) is 0 Å². The zero-order valence-electron chi connectivity index (χ0n) is 23.3. The highest BCUT2D eigenvalue weighted by atomic mass is 19.4. The lowest BCUT2D eigenvalue weighted by Gasteiger charge is -2.15. The number of alkyl halides is 3. The number of hydrogen-bond acceptors (Lipinski definition) is 4. The predicted octanol–water partition coefficient (Wildman–Crippen LogP) is 8.90. The van der Waals surface area contributed by atoms with E-state index in [1.165, 1.54) is 24.3 Å². The number of halogens is 3. The molecule has 0 aliphatic heterocycles. The zero-order valence-corrected chi connectivity index (χ0v) is 23.3. The second kappa shape index (κ2) is 14.3. The van der Waals surface area contributed by atoms with Gasteiger partial charge >= 0.3 is 12.3 Å². The molecule has 0 bridgehead atoms. The summed E-state index contributed by atoms with van der Waals surface area (Å²) in [5.74, 6) is -0.515. The molecular formula is C35H31F3O5. The molecule has 5 nitrogen and oxygen atoms in total. The highest BCUT2D eigenvalue weighted by Gasteiger charge is 2.30. The van der Waals surface area contributed by atoms with Crippen molar-refractivity contribution < 1.29 is 37.7 Å². The Balaban J connectivity index is 1.47. The molecule has 0 amide bonds. The molecule has 0 fully saturated rings. The monoisotopic (exact) mass is 588 g/mol. The summed E-state index contributed by atoms with van der Waals surface area (Å²) in [7, 11) is 0. The van der Waals surface area contributed by atoms with Crippen LogP contribution in [-0.4, -0.2) is 22.5 Å². The third-order valence-electron chi connectivity index (χ3n) is 6.81. The fraction of sp³-hybridized carbons (Fsp3) is 0.171. The maximum absolute atomic E-state index is 12.4. The third-order valence-corrected chi connectivity index (χ3v) is 6.81. The Morgan fingerprint density at radius 3 is 2.05 bits per heavy atom. The van der Waals surface area contributed by atoms with E-state index in [-0.39, 0.29) is 29.6 Å². The van der Waals surface area contributed by atoms with Gasteiger partial charge < -0.3 is 19.7 Å². The Kier molecular flexibility index (Phi) is 10.3. The van der Waals surface area contributed by atoms with Crippen molar-refractivity contribution in [1.82, 2.24) is 0 Å².